The van der Waals surface area contributed by atoms with Crippen molar-refractivity contribution in [3.8, 4) is 0 Å². The lowest BCUT2D eigenvalue weighted by molar-refractivity contribution is -0.276. The standard InChI is InChI=1S/C19H23NO7/c1-4-23-19-15-16(13-8-6-5-7-9-13)20-27-18(15)17(25-12(3)22)14(26-19)10-24-11(2)21/h5-9,14-15,17-19H,4,10H2,1-3H3. The molecule has 0 amide bonds. The lowest BCUT2D eigenvalue weighted by atomic mass is 9.85. The second-order valence-electron chi connectivity index (χ2n) is 6.31. The maximum atomic E-state index is 11.6. The van der Waals surface area contributed by atoms with E-state index < -0.39 is 36.5 Å². The van der Waals surface area contributed by atoms with Crippen LogP contribution >= 0.6 is 0 Å². The molecule has 0 aromatic heterocycles. The van der Waals surface area contributed by atoms with Gasteiger partial charge in [0.15, 0.2) is 18.5 Å². The largest absolute Gasteiger partial charge is 0.463 e. The van der Waals surface area contributed by atoms with Crippen LogP contribution in [-0.2, 0) is 33.4 Å². The maximum Gasteiger partial charge on any atom is 0.303 e. The zero-order valence-electron chi connectivity index (χ0n) is 15.5. The number of carbonyl (C=O) groups excluding carboxylic acids is 2. The number of rotatable bonds is 6. The summed E-state index contributed by atoms with van der Waals surface area (Å²) in [7, 11) is 0. The molecule has 8 nitrogen and oxygen atoms in total. The summed E-state index contributed by atoms with van der Waals surface area (Å²) in [5, 5.41) is 4.23. The van der Waals surface area contributed by atoms with Crippen molar-refractivity contribution in [3.05, 3.63) is 35.9 Å². The number of oxime groups is 1. The van der Waals surface area contributed by atoms with Gasteiger partial charge in [-0.3, -0.25) is 9.59 Å². The Balaban J connectivity index is 1.89. The normalized spacial score (nSPS) is 29.3. The van der Waals surface area contributed by atoms with Crippen molar-refractivity contribution in [2.45, 2.75) is 45.4 Å². The van der Waals surface area contributed by atoms with Crippen molar-refractivity contribution < 1.29 is 33.4 Å². The highest BCUT2D eigenvalue weighted by Crippen LogP contribution is 2.37. The number of ether oxygens (including phenoxy) is 4. The van der Waals surface area contributed by atoms with Gasteiger partial charge in [-0.1, -0.05) is 35.5 Å². The van der Waals surface area contributed by atoms with Gasteiger partial charge in [0.2, 0.25) is 0 Å². The Labute approximate surface area is 157 Å². The van der Waals surface area contributed by atoms with E-state index in [1.807, 2.05) is 37.3 Å². The van der Waals surface area contributed by atoms with E-state index in [2.05, 4.69) is 5.16 Å². The van der Waals surface area contributed by atoms with E-state index in [1.54, 1.807) is 0 Å². The van der Waals surface area contributed by atoms with E-state index in [0.29, 0.717) is 12.3 Å². The summed E-state index contributed by atoms with van der Waals surface area (Å²) in [5.41, 5.74) is 1.54. The summed E-state index contributed by atoms with van der Waals surface area (Å²) in [6.45, 7) is 4.79. The molecule has 3 rings (SSSR count). The maximum absolute atomic E-state index is 11.6. The first-order valence-corrected chi connectivity index (χ1v) is 8.88. The molecule has 2 aliphatic rings. The zero-order valence-corrected chi connectivity index (χ0v) is 15.5. The molecule has 0 aliphatic carbocycles. The van der Waals surface area contributed by atoms with E-state index in [4.69, 9.17) is 23.8 Å². The van der Waals surface area contributed by atoms with Gasteiger partial charge in [-0.05, 0) is 12.5 Å². The molecular weight excluding hydrogens is 354 g/mol. The molecule has 0 saturated carbocycles. The van der Waals surface area contributed by atoms with Gasteiger partial charge in [0.1, 0.15) is 12.7 Å². The average Bonchev–Trinajstić information content (AvgIpc) is 3.08. The van der Waals surface area contributed by atoms with Crippen LogP contribution in [0.25, 0.3) is 0 Å². The van der Waals surface area contributed by atoms with Gasteiger partial charge < -0.3 is 23.8 Å². The molecule has 5 atom stereocenters. The summed E-state index contributed by atoms with van der Waals surface area (Å²) in [4.78, 5) is 28.5. The Hall–Kier alpha value is -2.45. The molecular formula is C19H23NO7. The fraction of sp³-hybridized carbons (Fsp3) is 0.526. The Morgan fingerprint density at radius 3 is 2.52 bits per heavy atom. The number of hydrogen-bond donors (Lipinski definition) is 0. The quantitative estimate of drug-likeness (QED) is 0.696. The summed E-state index contributed by atoms with van der Waals surface area (Å²) in [5.74, 6) is -1.32. The number of esters is 2. The topological polar surface area (TPSA) is 92.7 Å². The van der Waals surface area contributed by atoms with Crippen LogP contribution in [0.4, 0.5) is 0 Å². The smallest absolute Gasteiger partial charge is 0.303 e. The van der Waals surface area contributed by atoms with E-state index in [9.17, 15) is 9.59 Å². The van der Waals surface area contributed by atoms with Crippen molar-refractivity contribution in [3.63, 3.8) is 0 Å². The Bertz CT molecular complexity index is 705. The molecule has 2 heterocycles. The molecule has 1 fully saturated rings. The van der Waals surface area contributed by atoms with Crippen molar-refractivity contribution >= 4 is 17.7 Å². The second-order valence-corrected chi connectivity index (χ2v) is 6.31. The highest BCUT2D eigenvalue weighted by molar-refractivity contribution is 6.03. The van der Waals surface area contributed by atoms with Gasteiger partial charge in [-0.2, -0.15) is 0 Å². The molecule has 2 aliphatic heterocycles. The molecule has 5 unspecified atom stereocenters. The predicted octanol–water partition coefficient (Wildman–Crippen LogP) is 1.66. The first kappa shape index (κ1) is 19.3. The fourth-order valence-corrected chi connectivity index (χ4v) is 3.32. The molecule has 8 heteroatoms. The highest BCUT2D eigenvalue weighted by Gasteiger charge is 2.55. The van der Waals surface area contributed by atoms with E-state index in [0.717, 1.165) is 5.56 Å². The number of fused-ring (bicyclic) bond motifs is 1. The van der Waals surface area contributed by atoms with Crippen LogP contribution in [0.2, 0.25) is 0 Å². The summed E-state index contributed by atoms with van der Waals surface area (Å²) >= 11 is 0. The zero-order chi connectivity index (χ0) is 19.4. The van der Waals surface area contributed by atoms with E-state index in [-0.39, 0.29) is 12.5 Å². The molecule has 0 radical (unpaired) electrons. The van der Waals surface area contributed by atoms with Crippen molar-refractivity contribution in [1.82, 2.24) is 0 Å². The second kappa shape index (κ2) is 8.49. The molecule has 0 spiro atoms. The van der Waals surface area contributed by atoms with E-state index >= 15 is 0 Å². The number of benzene rings is 1. The Morgan fingerprint density at radius 1 is 1.15 bits per heavy atom. The molecule has 1 aromatic rings. The van der Waals surface area contributed by atoms with Crippen molar-refractivity contribution in [1.29, 1.82) is 0 Å². The molecule has 0 bridgehead atoms. The third-order valence-corrected chi connectivity index (χ3v) is 4.39. The van der Waals surface area contributed by atoms with E-state index in [1.165, 1.54) is 13.8 Å². The predicted molar refractivity (Wildman–Crippen MR) is 93.8 cm³/mol. The average molecular weight is 377 g/mol. The van der Waals surface area contributed by atoms with Crippen LogP contribution in [-0.4, -0.2) is 55.5 Å². The minimum absolute atomic E-state index is 0.0793. The fourth-order valence-electron chi connectivity index (χ4n) is 3.32. The number of carbonyl (C=O) groups is 2. The van der Waals surface area contributed by atoms with Crippen LogP contribution in [0.15, 0.2) is 35.5 Å². The third-order valence-electron chi connectivity index (χ3n) is 4.39. The van der Waals surface area contributed by atoms with Crippen molar-refractivity contribution in [2.75, 3.05) is 13.2 Å². The first-order valence-electron chi connectivity index (χ1n) is 8.88. The first-order chi connectivity index (χ1) is 13.0. The van der Waals surface area contributed by atoms with Gasteiger partial charge in [0.25, 0.3) is 0 Å². The van der Waals surface area contributed by atoms with Crippen LogP contribution in [0.3, 0.4) is 0 Å². The third kappa shape index (κ3) is 4.28. The number of hydrogen-bond acceptors (Lipinski definition) is 8. The highest BCUT2D eigenvalue weighted by atomic mass is 16.7. The Morgan fingerprint density at radius 2 is 1.89 bits per heavy atom. The lowest BCUT2D eigenvalue weighted by Crippen LogP contribution is -2.58. The molecule has 27 heavy (non-hydrogen) atoms. The Kier molecular flexibility index (Phi) is 6.08. The van der Waals surface area contributed by atoms with Crippen LogP contribution < -0.4 is 0 Å². The van der Waals surface area contributed by atoms with Gasteiger partial charge in [-0.15, -0.1) is 0 Å². The molecule has 1 saturated heterocycles. The monoisotopic (exact) mass is 377 g/mol. The molecule has 146 valence electrons. The SMILES string of the molecule is CCOC1OC(COC(C)=O)C(OC(C)=O)C2ON=C(c3ccccc3)C12. The van der Waals surface area contributed by atoms with Crippen LogP contribution in [0, 0.1) is 5.92 Å². The van der Waals surface area contributed by atoms with Crippen LogP contribution in [0.5, 0.6) is 0 Å². The summed E-state index contributed by atoms with van der Waals surface area (Å²) in [6.07, 6.45) is -2.78. The minimum Gasteiger partial charge on any atom is -0.463 e. The van der Waals surface area contributed by atoms with Gasteiger partial charge in [0.05, 0.1) is 11.6 Å². The van der Waals surface area contributed by atoms with Gasteiger partial charge in [0, 0.05) is 20.5 Å². The summed E-state index contributed by atoms with van der Waals surface area (Å²) in [6, 6.07) is 9.54. The molecule has 0 N–H and O–H groups in total. The molecule has 1 aromatic carbocycles. The van der Waals surface area contributed by atoms with Gasteiger partial charge >= 0.3 is 11.9 Å². The number of nitrogens with zero attached hydrogens (tertiary/aromatic N) is 1. The lowest BCUT2D eigenvalue weighted by Gasteiger charge is -2.41. The van der Waals surface area contributed by atoms with Gasteiger partial charge in [-0.25, -0.2) is 0 Å². The summed E-state index contributed by atoms with van der Waals surface area (Å²) < 4.78 is 22.3. The van der Waals surface area contributed by atoms with Crippen LogP contribution in [0.1, 0.15) is 26.3 Å². The van der Waals surface area contributed by atoms with Crippen molar-refractivity contribution in [2.24, 2.45) is 11.1 Å². The minimum atomic E-state index is -0.784.